The second kappa shape index (κ2) is 6.53. The maximum Gasteiger partial charge on any atom is 0.161 e. The lowest BCUT2D eigenvalue weighted by Gasteiger charge is -2.12. The van der Waals surface area contributed by atoms with Gasteiger partial charge in [-0.05, 0) is 6.42 Å². The fraction of sp³-hybridized carbons (Fsp3) is 0.429. The zero-order chi connectivity index (χ0) is 15.5. The average Bonchev–Trinajstić information content (AvgIpc) is 3.13. The number of anilines is 2. The van der Waals surface area contributed by atoms with E-state index in [1.54, 1.807) is 16.4 Å². The Hall–Kier alpha value is -1.80. The van der Waals surface area contributed by atoms with E-state index < -0.39 is 0 Å². The maximum absolute atomic E-state index is 13.2. The number of nitrogens with zero attached hydrogens (tertiary/aromatic N) is 3. The van der Waals surface area contributed by atoms with Crippen molar-refractivity contribution in [3.05, 3.63) is 30.0 Å². The van der Waals surface area contributed by atoms with Crippen LogP contribution in [-0.2, 0) is 6.42 Å². The molecule has 0 radical (unpaired) electrons. The van der Waals surface area contributed by atoms with Gasteiger partial charge in [-0.1, -0.05) is 11.8 Å². The molecule has 6 nitrogen and oxygen atoms in total. The number of nitrogens with one attached hydrogen (secondary N) is 2. The first-order valence-corrected chi connectivity index (χ1v) is 8.02. The summed E-state index contributed by atoms with van der Waals surface area (Å²) in [4.78, 5) is 5.65. The van der Waals surface area contributed by atoms with E-state index in [0.717, 1.165) is 22.1 Å². The molecule has 3 N–H and O–H groups in total. The van der Waals surface area contributed by atoms with E-state index in [-0.39, 0.29) is 17.8 Å². The van der Waals surface area contributed by atoms with Gasteiger partial charge in [0.05, 0.1) is 28.7 Å². The molecule has 2 aromatic heterocycles. The molecule has 0 bridgehead atoms. The lowest BCUT2D eigenvalue weighted by Crippen LogP contribution is -2.07. The van der Waals surface area contributed by atoms with Gasteiger partial charge in [0.25, 0.3) is 0 Å². The highest BCUT2D eigenvalue weighted by molar-refractivity contribution is 7.99. The van der Waals surface area contributed by atoms with E-state index in [2.05, 4.69) is 20.7 Å². The van der Waals surface area contributed by atoms with Gasteiger partial charge in [-0.2, -0.15) is 5.10 Å². The van der Waals surface area contributed by atoms with Crippen molar-refractivity contribution < 1.29 is 9.50 Å². The second-order valence-corrected chi connectivity index (χ2v) is 6.19. The van der Waals surface area contributed by atoms with Gasteiger partial charge >= 0.3 is 0 Å². The van der Waals surface area contributed by atoms with Crippen molar-refractivity contribution in [2.75, 3.05) is 30.8 Å². The number of aliphatic hydroxyl groups is 1. The van der Waals surface area contributed by atoms with Crippen molar-refractivity contribution in [3.8, 4) is 0 Å². The third-order valence-corrected chi connectivity index (χ3v) is 4.78. The van der Waals surface area contributed by atoms with Gasteiger partial charge in [0.15, 0.2) is 5.82 Å². The highest BCUT2D eigenvalue weighted by Gasteiger charge is 2.28. The van der Waals surface area contributed by atoms with E-state index in [0.29, 0.717) is 19.4 Å². The zero-order valence-electron chi connectivity index (χ0n) is 12.2. The van der Waals surface area contributed by atoms with Crippen LogP contribution in [0.1, 0.15) is 17.5 Å². The van der Waals surface area contributed by atoms with Crippen molar-refractivity contribution in [3.63, 3.8) is 0 Å². The van der Waals surface area contributed by atoms with E-state index in [4.69, 9.17) is 5.11 Å². The van der Waals surface area contributed by atoms with Gasteiger partial charge in [0, 0.05) is 32.7 Å². The van der Waals surface area contributed by atoms with E-state index in [9.17, 15) is 4.39 Å². The van der Waals surface area contributed by atoms with Gasteiger partial charge < -0.3 is 15.7 Å². The number of fused-ring (bicyclic) bond motifs is 1. The van der Waals surface area contributed by atoms with Crippen LogP contribution in [0.5, 0.6) is 0 Å². The number of hydrogen-bond donors (Lipinski definition) is 3. The summed E-state index contributed by atoms with van der Waals surface area (Å²) in [6, 6.07) is 1.95. The van der Waals surface area contributed by atoms with Gasteiger partial charge in [0.1, 0.15) is 11.2 Å². The van der Waals surface area contributed by atoms with Crippen molar-refractivity contribution in [2.24, 2.45) is 0 Å². The van der Waals surface area contributed by atoms with Crippen molar-refractivity contribution in [2.45, 2.75) is 23.1 Å². The SMILES string of the molecule is CNc1cc(NCCCO)c2c(n1)CC(n1cc(F)cn1)S2. The van der Waals surface area contributed by atoms with Crippen molar-refractivity contribution in [1.82, 2.24) is 14.8 Å². The molecular weight excluding hydrogens is 305 g/mol. The van der Waals surface area contributed by atoms with Crippen LogP contribution >= 0.6 is 11.8 Å². The van der Waals surface area contributed by atoms with E-state index in [1.807, 2.05) is 13.1 Å². The second-order valence-electron chi connectivity index (χ2n) is 5.00. The van der Waals surface area contributed by atoms with Gasteiger partial charge in [-0.3, -0.25) is 4.68 Å². The van der Waals surface area contributed by atoms with E-state index in [1.165, 1.54) is 12.4 Å². The molecule has 1 aliphatic heterocycles. The maximum atomic E-state index is 13.2. The molecule has 118 valence electrons. The lowest BCUT2D eigenvalue weighted by atomic mass is 10.2. The minimum atomic E-state index is -0.332. The summed E-state index contributed by atoms with van der Waals surface area (Å²) >= 11 is 1.62. The van der Waals surface area contributed by atoms with Crippen LogP contribution < -0.4 is 10.6 Å². The van der Waals surface area contributed by atoms with Crippen LogP contribution in [0.2, 0.25) is 0 Å². The van der Waals surface area contributed by atoms with Crippen LogP contribution in [0, 0.1) is 5.82 Å². The quantitative estimate of drug-likeness (QED) is 0.707. The smallest absolute Gasteiger partial charge is 0.161 e. The topological polar surface area (TPSA) is 75.0 Å². The van der Waals surface area contributed by atoms with Gasteiger partial charge in [0.2, 0.25) is 0 Å². The zero-order valence-corrected chi connectivity index (χ0v) is 13.0. The predicted molar refractivity (Wildman–Crippen MR) is 84.8 cm³/mol. The van der Waals surface area contributed by atoms with Crippen LogP contribution in [0.25, 0.3) is 0 Å². The molecule has 0 fully saturated rings. The molecule has 0 amide bonds. The van der Waals surface area contributed by atoms with Crippen LogP contribution in [-0.4, -0.2) is 40.1 Å². The number of aliphatic hydroxyl groups excluding tert-OH is 1. The van der Waals surface area contributed by atoms with Crippen LogP contribution in [0.3, 0.4) is 0 Å². The molecule has 3 rings (SSSR count). The minimum Gasteiger partial charge on any atom is -0.396 e. The van der Waals surface area contributed by atoms with Crippen LogP contribution in [0.15, 0.2) is 23.4 Å². The Morgan fingerprint density at radius 2 is 2.41 bits per heavy atom. The molecule has 0 saturated heterocycles. The summed E-state index contributed by atoms with van der Waals surface area (Å²) in [6.45, 7) is 0.846. The number of thioether (sulfide) groups is 1. The highest BCUT2D eigenvalue weighted by Crippen LogP contribution is 2.47. The number of rotatable bonds is 6. The average molecular weight is 323 g/mol. The molecule has 8 heteroatoms. The first-order valence-electron chi connectivity index (χ1n) is 7.14. The first-order chi connectivity index (χ1) is 10.7. The molecule has 0 aliphatic carbocycles. The summed E-state index contributed by atoms with van der Waals surface area (Å²) in [5.74, 6) is 0.458. The number of halogens is 1. The molecule has 22 heavy (non-hydrogen) atoms. The monoisotopic (exact) mass is 323 g/mol. The first kappa shape index (κ1) is 15.1. The summed E-state index contributed by atoms with van der Waals surface area (Å²) in [5, 5.41) is 19.4. The molecule has 1 aliphatic rings. The van der Waals surface area contributed by atoms with Crippen molar-refractivity contribution >= 4 is 23.3 Å². The van der Waals surface area contributed by atoms with Gasteiger partial charge in [-0.15, -0.1) is 0 Å². The molecule has 3 heterocycles. The third kappa shape index (κ3) is 3.02. The number of hydrogen-bond acceptors (Lipinski definition) is 6. The third-order valence-electron chi connectivity index (χ3n) is 3.44. The molecule has 1 atom stereocenters. The van der Waals surface area contributed by atoms with E-state index >= 15 is 0 Å². The molecule has 0 saturated carbocycles. The molecule has 2 aromatic rings. The Morgan fingerprint density at radius 3 is 3.09 bits per heavy atom. The Kier molecular flexibility index (Phi) is 4.49. The fourth-order valence-corrected chi connectivity index (χ4v) is 3.64. The largest absolute Gasteiger partial charge is 0.396 e. The number of aromatic nitrogens is 3. The number of pyridine rings is 1. The Morgan fingerprint density at radius 1 is 1.55 bits per heavy atom. The minimum absolute atomic E-state index is 0.0116. The Bertz CT molecular complexity index is 663. The molecular formula is C14H18FN5OS. The highest BCUT2D eigenvalue weighted by atomic mass is 32.2. The standard InChI is InChI=1S/C14H18FN5OS/c1-16-12-5-10(17-3-2-4-21)14-11(19-12)6-13(22-14)20-8-9(15)7-18-20/h5,7-8,13,21H,2-4,6H2,1H3,(H2,16,17,19). The Labute approximate surface area is 132 Å². The summed E-state index contributed by atoms with van der Waals surface area (Å²) in [6.07, 6.45) is 4.01. The fourth-order valence-electron chi connectivity index (χ4n) is 2.38. The van der Waals surface area contributed by atoms with Crippen LogP contribution in [0.4, 0.5) is 15.9 Å². The van der Waals surface area contributed by atoms with Gasteiger partial charge in [-0.25, -0.2) is 9.37 Å². The summed E-state index contributed by atoms with van der Waals surface area (Å²) in [7, 11) is 1.83. The molecule has 1 unspecified atom stereocenters. The summed E-state index contributed by atoms with van der Waals surface area (Å²) < 4.78 is 14.8. The molecule has 0 aromatic carbocycles. The van der Waals surface area contributed by atoms with Crippen molar-refractivity contribution in [1.29, 1.82) is 0 Å². The Balaban J connectivity index is 1.85. The predicted octanol–water partition coefficient (Wildman–Crippen LogP) is 2.10. The lowest BCUT2D eigenvalue weighted by molar-refractivity contribution is 0.292. The summed E-state index contributed by atoms with van der Waals surface area (Å²) in [5.41, 5.74) is 1.96. The molecule has 0 spiro atoms. The normalized spacial score (nSPS) is 16.6.